The fourth-order valence-corrected chi connectivity index (χ4v) is 2.05. The van der Waals surface area contributed by atoms with Crippen LogP contribution in [0.2, 0.25) is 0 Å². The summed E-state index contributed by atoms with van der Waals surface area (Å²) in [4.78, 5) is 19.2. The number of nitrogens with one attached hydrogen (secondary N) is 1. The van der Waals surface area contributed by atoms with Crippen molar-refractivity contribution in [2.75, 3.05) is 0 Å². The van der Waals surface area contributed by atoms with Crippen LogP contribution in [0, 0.1) is 0 Å². The molecule has 0 bridgehead atoms. The van der Waals surface area contributed by atoms with E-state index in [1.165, 1.54) is 19.3 Å². The van der Waals surface area contributed by atoms with Gasteiger partial charge in [0.05, 0.1) is 18.3 Å². The van der Waals surface area contributed by atoms with Gasteiger partial charge in [-0.3, -0.25) is 9.89 Å². The molecule has 0 atom stereocenters. The molecule has 6 heteroatoms. The number of aromatic amines is 1. The molecule has 6 nitrogen and oxygen atoms in total. The minimum atomic E-state index is -0.801. The maximum Gasteiger partial charge on any atom is 0.303 e. The number of aliphatic carboxylic acids is 1. The summed E-state index contributed by atoms with van der Waals surface area (Å²) in [5.41, 5.74) is 0.770. The molecule has 0 saturated heterocycles. The fraction of sp³-hybridized carbons (Fsp3) is 0.545. The van der Waals surface area contributed by atoms with Gasteiger partial charge in [-0.2, -0.15) is 4.98 Å². The fourth-order valence-electron chi connectivity index (χ4n) is 2.05. The maximum atomic E-state index is 10.5. The summed E-state index contributed by atoms with van der Waals surface area (Å²) < 4.78 is 1.78. The number of carboxylic acid groups (broad SMARTS) is 1. The zero-order valence-electron chi connectivity index (χ0n) is 9.39. The first-order chi connectivity index (χ1) is 8.22. The number of H-pyrrole nitrogens is 1. The van der Waals surface area contributed by atoms with Gasteiger partial charge in [0.1, 0.15) is 5.82 Å². The van der Waals surface area contributed by atoms with Gasteiger partial charge >= 0.3 is 5.97 Å². The predicted molar refractivity (Wildman–Crippen MR) is 59.9 cm³/mol. The lowest BCUT2D eigenvalue weighted by atomic mass is 9.85. The molecule has 0 spiro atoms. The number of carboxylic acids is 1. The molecule has 0 amide bonds. The molecule has 1 aliphatic carbocycles. The summed E-state index contributed by atoms with van der Waals surface area (Å²) >= 11 is 0. The lowest BCUT2D eigenvalue weighted by Crippen LogP contribution is -2.10. The molecule has 1 aliphatic rings. The highest BCUT2D eigenvalue weighted by Crippen LogP contribution is 2.34. The smallest absolute Gasteiger partial charge is 0.303 e. The van der Waals surface area contributed by atoms with Gasteiger partial charge in [0.25, 0.3) is 5.78 Å². The van der Waals surface area contributed by atoms with Crippen LogP contribution in [0.4, 0.5) is 0 Å². The van der Waals surface area contributed by atoms with Gasteiger partial charge in [-0.15, -0.1) is 0 Å². The Morgan fingerprint density at radius 3 is 2.94 bits per heavy atom. The number of carbonyl (C=O) groups is 1. The van der Waals surface area contributed by atoms with Crippen LogP contribution in [0.15, 0.2) is 6.20 Å². The Balaban J connectivity index is 1.78. The average molecular weight is 234 g/mol. The number of aryl methyl sites for hydroxylation is 1. The number of fused-ring (bicyclic) bond motifs is 1. The molecule has 2 heterocycles. The highest BCUT2D eigenvalue weighted by molar-refractivity contribution is 5.67. The number of hydrogen-bond donors (Lipinski definition) is 2. The lowest BCUT2D eigenvalue weighted by Gasteiger charge is -2.22. The van der Waals surface area contributed by atoms with Gasteiger partial charge in [-0.05, 0) is 12.8 Å². The van der Waals surface area contributed by atoms with Crippen LogP contribution in [0.1, 0.15) is 43.1 Å². The molecule has 3 rings (SSSR count). The summed E-state index contributed by atoms with van der Waals surface area (Å²) in [5, 5.41) is 11.8. The van der Waals surface area contributed by atoms with Crippen molar-refractivity contribution < 1.29 is 9.90 Å². The molecule has 2 aromatic heterocycles. The van der Waals surface area contributed by atoms with Crippen LogP contribution >= 0.6 is 0 Å². The molecular formula is C11H14N4O2. The molecule has 17 heavy (non-hydrogen) atoms. The summed E-state index contributed by atoms with van der Waals surface area (Å²) in [5.74, 6) is 1.40. The predicted octanol–water partition coefficient (Wildman–Crippen LogP) is 1.34. The van der Waals surface area contributed by atoms with E-state index in [0.29, 0.717) is 18.1 Å². The number of hydrogen-bond acceptors (Lipinski definition) is 3. The van der Waals surface area contributed by atoms with Crippen molar-refractivity contribution in [3.8, 4) is 0 Å². The maximum absolute atomic E-state index is 10.5. The van der Waals surface area contributed by atoms with Gasteiger partial charge in [0.15, 0.2) is 0 Å². The Labute approximate surface area is 97.7 Å². The van der Waals surface area contributed by atoms with Crippen molar-refractivity contribution in [3.05, 3.63) is 17.7 Å². The van der Waals surface area contributed by atoms with Crippen LogP contribution in [0.3, 0.4) is 0 Å². The average Bonchev–Trinajstić information content (AvgIpc) is 2.69. The Bertz CT molecular complexity index is 521. The normalized spacial score (nSPS) is 16.2. The van der Waals surface area contributed by atoms with Crippen LogP contribution < -0.4 is 0 Å². The molecule has 0 radical (unpaired) electrons. The minimum Gasteiger partial charge on any atom is -0.481 e. The van der Waals surface area contributed by atoms with Crippen LogP contribution in [0.25, 0.3) is 5.78 Å². The highest BCUT2D eigenvalue weighted by atomic mass is 16.4. The van der Waals surface area contributed by atoms with E-state index in [0.717, 1.165) is 11.5 Å². The minimum absolute atomic E-state index is 0.107. The third-order valence-electron chi connectivity index (χ3n) is 3.28. The molecule has 0 unspecified atom stereocenters. The molecule has 1 saturated carbocycles. The van der Waals surface area contributed by atoms with Crippen molar-refractivity contribution in [2.24, 2.45) is 0 Å². The van der Waals surface area contributed by atoms with Crippen molar-refractivity contribution in [1.29, 1.82) is 0 Å². The Hall–Kier alpha value is -1.85. The molecule has 0 aliphatic heterocycles. The van der Waals surface area contributed by atoms with Crippen molar-refractivity contribution >= 4 is 11.7 Å². The first-order valence-corrected chi connectivity index (χ1v) is 5.88. The Morgan fingerprint density at radius 1 is 1.53 bits per heavy atom. The topological polar surface area (TPSA) is 83.3 Å². The summed E-state index contributed by atoms with van der Waals surface area (Å²) in [6.07, 6.45) is 6.05. The van der Waals surface area contributed by atoms with Gasteiger partial charge in [-0.1, -0.05) is 6.42 Å². The van der Waals surface area contributed by atoms with E-state index in [1.807, 2.05) is 6.20 Å². The molecular weight excluding hydrogens is 220 g/mol. The van der Waals surface area contributed by atoms with Crippen LogP contribution in [-0.2, 0) is 11.2 Å². The number of aromatic nitrogens is 4. The van der Waals surface area contributed by atoms with E-state index in [2.05, 4.69) is 15.1 Å². The van der Waals surface area contributed by atoms with Crippen LogP contribution in [0.5, 0.6) is 0 Å². The second kappa shape index (κ2) is 3.87. The highest BCUT2D eigenvalue weighted by Gasteiger charge is 2.23. The molecule has 1 fully saturated rings. The first kappa shape index (κ1) is 10.3. The quantitative estimate of drug-likeness (QED) is 0.836. The molecule has 2 N–H and O–H groups in total. The second-order valence-corrected chi connectivity index (χ2v) is 4.53. The summed E-state index contributed by atoms with van der Waals surface area (Å²) in [7, 11) is 0. The Morgan fingerprint density at radius 2 is 2.35 bits per heavy atom. The largest absolute Gasteiger partial charge is 0.481 e. The molecule has 2 aromatic rings. The number of rotatable bonds is 4. The third-order valence-corrected chi connectivity index (χ3v) is 3.28. The van der Waals surface area contributed by atoms with E-state index < -0.39 is 5.97 Å². The third kappa shape index (κ3) is 1.90. The zero-order chi connectivity index (χ0) is 11.8. The summed E-state index contributed by atoms with van der Waals surface area (Å²) in [6.45, 7) is 0. The number of nitrogens with zero attached hydrogens (tertiary/aromatic N) is 3. The van der Waals surface area contributed by atoms with Gasteiger partial charge in [0, 0.05) is 12.3 Å². The first-order valence-electron chi connectivity index (χ1n) is 5.88. The van der Waals surface area contributed by atoms with Crippen molar-refractivity contribution in [2.45, 2.75) is 38.0 Å². The molecule has 90 valence electrons. The van der Waals surface area contributed by atoms with Gasteiger partial charge in [-0.25, -0.2) is 9.50 Å². The van der Waals surface area contributed by atoms with Crippen molar-refractivity contribution in [3.63, 3.8) is 0 Å². The second-order valence-electron chi connectivity index (χ2n) is 4.53. The van der Waals surface area contributed by atoms with E-state index in [4.69, 9.17) is 5.11 Å². The SMILES string of the molecule is O=C(O)CCc1cn2[nH]c(C3CCC3)nc2n1. The van der Waals surface area contributed by atoms with E-state index >= 15 is 0 Å². The van der Waals surface area contributed by atoms with Gasteiger partial charge < -0.3 is 5.11 Å². The van der Waals surface area contributed by atoms with E-state index in [9.17, 15) is 4.79 Å². The van der Waals surface area contributed by atoms with E-state index in [1.54, 1.807) is 4.52 Å². The summed E-state index contributed by atoms with van der Waals surface area (Å²) in [6, 6.07) is 0. The standard InChI is InChI=1S/C11H14N4O2/c16-9(17)5-4-8-6-15-11(12-8)13-10(14-15)7-2-1-3-7/h6-7H,1-5H2,(H,16,17)(H,12,13,14). The lowest BCUT2D eigenvalue weighted by molar-refractivity contribution is -0.136. The molecule has 0 aromatic carbocycles. The Kier molecular flexibility index (Phi) is 2.35. The monoisotopic (exact) mass is 234 g/mol. The van der Waals surface area contributed by atoms with E-state index in [-0.39, 0.29) is 6.42 Å². The van der Waals surface area contributed by atoms with Crippen molar-refractivity contribution in [1.82, 2.24) is 19.6 Å². The van der Waals surface area contributed by atoms with Gasteiger partial charge in [0.2, 0.25) is 0 Å². The van der Waals surface area contributed by atoms with Crippen LogP contribution in [-0.4, -0.2) is 30.7 Å². The number of imidazole rings is 1. The zero-order valence-corrected chi connectivity index (χ0v) is 9.39.